The molecular formula is C30H51N3O3S2. The molecule has 0 saturated carbocycles. The number of benzene rings is 1. The van der Waals surface area contributed by atoms with Crippen molar-refractivity contribution in [2.75, 3.05) is 25.3 Å². The molecule has 0 saturated heterocycles. The Morgan fingerprint density at radius 1 is 1.08 bits per heavy atom. The number of rotatable bonds is 10. The normalized spacial score (nSPS) is 11.1. The summed E-state index contributed by atoms with van der Waals surface area (Å²) in [4.78, 5) is 25.0. The minimum absolute atomic E-state index is 0.0891. The Hall–Kier alpha value is -2.16. The Balaban J connectivity index is 0. The minimum Gasteiger partial charge on any atom is -0.388 e. The Morgan fingerprint density at radius 3 is 2.08 bits per heavy atom. The predicted octanol–water partition coefficient (Wildman–Crippen LogP) is 8.26. The van der Waals surface area contributed by atoms with Gasteiger partial charge in [-0.1, -0.05) is 97.4 Å². The third-order valence-electron chi connectivity index (χ3n) is 5.60. The highest BCUT2D eigenvalue weighted by Gasteiger charge is 2.13. The fraction of sp³-hybridized carbons (Fsp3) is 0.567. The number of Topliss-reactive ketones (excluding diaryl/α,β-unsaturated/α-hetero) is 1. The number of allylic oxidation sites excluding steroid dienone is 1. The first-order valence-corrected chi connectivity index (χ1v) is 14.9. The SMILES string of the molecule is CC.CC.CCC/C=C(/Nc1c(C)n(C)c(=O)n(C)c1=S)SCC(=O)c1ccc(C(C)CC)cc1.COC. The maximum Gasteiger partial charge on any atom is 0.328 e. The van der Waals surface area contributed by atoms with Gasteiger partial charge in [0.25, 0.3) is 0 Å². The van der Waals surface area contributed by atoms with Crippen molar-refractivity contribution in [2.45, 2.75) is 80.6 Å². The van der Waals surface area contributed by atoms with Crippen LogP contribution < -0.4 is 11.0 Å². The number of hydrogen-bond donors (Lipinski definition) is 1. The molecule has 1 unspecified atom stereocenters. The minimum atomic E-state index is -0.157. The highest BCUT2D eigenvalue weighted by molar-refractivity contribution is 8.03. The van der Waals surface area contributed by atoms with Gasteiger partial charge in [0.15, 0.2) is 5.78 Å². The molecule has 0 aliphatic rings. The largest absolute Gasteiger partial charge is 0.388 e. The van der Waals surface area contributed by atoms with Gasteiger partial charge in [-0.25, -0.2) is 4.79 Å². The van der Waals surface area contributed by atoms with Gasteiger partial charge in [0.1, 0.15) is 4.64 Å². The van der Waals surface area contributed by atoms with Crippen LogP contribution in [0.5, 0.6) is 0 Å². The Kier molecular flexibility index (Phi) is 21.7. The second-order valence-corrected chi connectivity index (χ2v) is 9.60. The van der Waals surface area contributed by atoms with Crippen LogP contribution in [0.2, 0.25) is 0 Å². The van der Waals surface area contributed by atoms with Crippen molar-refractivity contribution in [1.82, 2.24) is 9.13 Å². The van der Waals surface area contributed by atoms with E-state index in [9.17, 15) is 9.59 Å². The van der Waals surface area contributed by atoms with Crippen LogP contribution in [-0.4, -0.2) is 34.9 Å². The number of methoxy groups -OCH3 is 1. The maximum atomic E-state index is 12.8. The number of unbranched alkanes of at least 4 members (excludes halogenated alkanes) is 1. The van der Waals surface area contributed by atoms with Crippen molar-refractivity contribution in [3.8, 4) is 0 Å². The van der Waals surface area contributed by atoms with Gasteiger partial charge in [0, 0.05) is 39.6 Å². The Bertz CT molecular complexity index is 1090. The fourth-order valence-electron chi connectivity index (χ4n) is 3.09. The fourth-order valence-corrected chi connectivity index (χ4v) is 4.23. The second kappa shape index (κ2) is 21.7. The van der Waals surface area contributed by atoms with Crippen LogP contribution in [-0.2, 0) is 18.8 Å². The summed E-state index contributed by atoms with van der Waals surface area (Å²) in [5.74, 6) is 0.908. The van der Waals surface area contributed by atoms with Gasteiger partial charge in [-0.3, -0.25) is 13.9 Å². The molecule has 0 bridgehead atoms. The molecule has 0 radical (unpaired) electrons. The highest BCUT2D eigenvalue weighted by atomic mass is 32.2. The van der Waals surface area contributed by atoms with Crippen LogP contribution in [0.15, 0.2) is 40.2 Å². The van der Waals surface area contributed by atoms with Gasteiger partial charge in [0.05, 0.1) is 16.5 Å². The van der Waals surface area contributed by atoms with Gasteiger partial charge in [-0.05, 0) is 31.2 Å². The van der Waals surface area contributed by atoms with Gasteiger partial charge in [0.2, 0.25) is 0 Å². The third-order valence-corrected chi connectivity index (χ3v) is 7.06. The molecule has 8 heteroatoms. The number of thioether (sulfide) groups is 1. The summed E-state index contributed by atoms with van der Waals surface area (Å²) in [6.45, 7) is 16.3. The van der Waals surface area contributed by atoms with Crippen LogP contribution in [0.1, 0.15) is 95.3 Å². The van der Waals surface area contributed by atoms with E-state index in [0.717, 1.165) is 41.2 Å². The summed E-state index contributed by atoms with van der Waals surface area (Å²) in [7, 11) is 6.65. The lowest BCUT2D eigenvalue weighted by Crippen LogP contribution is -2.30. The quantitative estimate of drug-likeness (QED) is 0.231. The molecule has 0 fully saturated rings. The predicted molar refractivity (Wildman–Crippen MR) is 170 cm³/mol. The van der Waals surface area contributed by atoms with Gasteiger partial charge in [-0.15, -0.1) is 11.8 Å². The molecule has 216 valence electrons. The standard InChI is InChI=1S/C24H33N3O2S2.C2H6O.2C2H6/c1-7-9-10-21(25-22-17(4)26(5)24(29)27(6)23(22)30)31-15-20(28)19-13-11-18(12-14-19)16(3)8-2;1-3-2;2*1-2/h10-14,16,25H,7-9,15H2,1-6H3;1-2H3;2*1-2H3/b21-10-;;;. The summed E-state index contributed by atoms with van der Waals surface area (Å²) in [5.41, 5.74) is 3.31. The lowest BCUT2D eigenvalue weighted by Gasteiger charge is -2.17. The van der Waals surface area contributed by atoms with Crippen molar-refractivity contribution >= 4 is 35.5 Å². The van der Waals surface area contributed by atoms with E-state index in [1.807, 2.05) is 46.8 Å². The first-order valence-electron chi connectivity index (χ1n) is 13.5. The molecule has 0 spiro atoms. The van der Waals surface area contributed by atoms with E-state index in [-0.39, 0.29) is 11.5 Å². The number of hydrogen-bond acceptors (Lipinski definition) is 6. The molecule has 1 heterocycles. The number of carbonyl (C=O) groups is 1. The molecule has 0 amide bonds. The first-order chi connectivity index (χ1) is 18.1. The smallest absolute Gasteiger partial charge is 0.328 e. The molecule has 38 heavy (non-hydrogen) atoms. The number of anilines is 1. The number of aromatic nitrogens is 2. The van der Waals surface area contributed by atoms with Crippen LogP contribution in [0.4, 0.5) is 5.69 Å². The molecule has 1 N–H and O–H groups in total. The van der Waals surface area contributed by atoms with E-state index in [1.165, 1.54) is 21.9 Å². The molecule has 2 aromatic rings. The topological polar surface area (TPSA) is 65.3 Å². The Morgan fingerprint density at radius 2 is 1.61 bits per heavy atom. The number of ketones is 1. The van der Waals surface area contributed by atoms with Crippen LogP contribution in [0.3, 0.4) is 0 Å². The van der Waals surface area contributed by atoms with Crippen molar-refractivity contribution in [2.24, 2.45) is 14.1 Å². The van der Waals surface area contributed by atoms with E-state index < -0.39 is 0 Å². The molecule has 6 nitrogen and oxygen atoms in total. The van der Waals surface area contributed by atoms with Crippen molar-refractivity contribution in [3.63, 3.8) is 0 Å². The maximum absolute atomic E-state index is 12.8. The number of carbonyl (C=O) groups excluding carboxylic acids is 1. The molecular weight excluding hydrogens is 514 g/mol. The number of ether oxygens (including phenoxy) is 1. The third kappa shape index (κ3) is 12.1. The molecule has 1 aromatic carbocycles. The van der Waals surface area contributed by atoms with E-state index in [4.69, 9.17) is 12.2 Å². The molecule has 0 aliphatic carbocycles. The molecule has 0 aliphatic heterocycles. The summed E-state index contributed by atoms with van der Waals surface area (Å²) >= 11 is 6.96. The average Bonchev–Trinajstić information content (AvgIpc) is 2.96. The van der Waals surface area contributed by atoms with Gasteiger partial charge >= 0.3 is 5.69 Å². The number of nitrogens with one attached hydrogen (secondary N) is 1. The van der Waals surface area contributed by atoms with Crippen molar-refractivity contribution in [3.05, 3.63) is 67.3 Å². The van der Waals surface area contributed by atoms with Crippen LogP contribution >= 0.6 is 24.0 Å². The van der Waals surface area contributed by atoms with Gasteiger partial charge < -0.3 is 10.1 Å². The van der Waals surface area contributed by atoms with Crippen LogP contribution in [0, 0.1) is 11.6 Å². The van der Waals surface area contributed by atoms with Crippen molar-refractivity contribution in [1.29, 1.82) is 0 Å². The van der Waals surface area contributed by atoms with E-state index in [2.05, 4.69) is 49.0 Å². The Labute approximate surface area is 240 Å². The summed E-state index contributed by atoms with van der Waals surface area (Å²) in [6.07, 6.45) is 5.05. The summed E-state index contributed by atoms with van der Waals surface area (Å²) < 4.78 is 7.73. The van der Waals surface area contributed by atoms with Crippen LogP contribution in [0.25, 0.3) is 0 Å². The van der Waals surface area contributed by atoms with Gasteiger partial charge in [-0.2, -0.15) is 0 Å². The van der Waals surface area contributed by atoms with Crippen molar-refractivity contribution < 1.29 is 9.53 Å². The van der Waals surface area contributed by atoms with E-state index >= 15 is 0 Å². The summed E-state index contributed by atoms with van der Waals surface area (Å²) in [5, 5.41) is 4.26. The second-order valence-electron chi connectivity index (χ2n) is 8.20. The molecule has 2 rings (SSSR count). The zero-order chi connectivity index (χ0) is 29.8. The first kappa shape index (κ1) is 38.0. The van der Waals surface area contributed by atoms with E-state index in [1.54, 1.807) is 32.9 Å². The zero-order valence-electron chi connectivity index (χ0n) is 25.7. The zero-order valence-corrected chi connectivity index (χ0v) is 27.4. The molecule has 1 atom stereocenters. The monoisotopic (exact) mass is 565 g/mol. The molecule has 1 aromatic heterocycles. The highest BCUT2D eigenvalue weighted by Crippen LogP contribution is 2.25. The average molecular weight is 566 g/mol. The lowest BCUT2D eigenvalue weighted by atomic mass is 9.97. The number of nitrogens with zero attached hydrogens (tertiary/aromatic N) is 2. The van der Waals surface area contributed by atoms with E-state index in [0.29, 0.717) is 16.3 Å². The lowest BCUT2D eigenvalue weighted by molar-refractivity contribution is 0.102. The summed E-state index contributed by atoms with van der Waals surface area (Å²) in [6, 6.07) is 7.95.